The number of methoxy groups -OCH3 is 2. The van der Waals surface area contributed by atoms with E-state index in [0.29, 0.717) is 23.6 Å². The van der Waals surface area contributed by atoms with Gasteiger partial charge in [-0.05, 0) is 11.6 Å². The molecule has 0 bridgehead atoms. The molecule has 0 aromatic heterocycles. The van der Waals surface area contributed by atoms with Crippen molar-refractivity contribution in [3.05, 3.63) is 17.7 Å². The molecular weight excluding hydrogens is 208 g/mol. The lowest BCUT2D eigenvalue weighted by atomic mass is 9.97. The van der Waals surface area contributed by atoms with Crippen molar-refractivity contribution in [3.8, 4) is 11.5 Å². The Morgan fingerprint density at radius 2 is 1.94 bits per heavy atom. The van der Waals surface area contributed by atoms with Gasteiger partial charge in [0.1, 0.15) is 0 Å². The lowest BCUT2D eigenvalue weighted by molar-refractivity contribution is -0.116. The average Bonchev–Trinajstić information content (AvgIpc) is 2.27. The quantitative estimate of drug-likeness (QED) is 0.784. The molecule has 0 saturated carbocycles. The van der Waals surface area contributed by atoms with Gasteiger partial charge in [-0.25, -0.2) is 0 Å². The zero-order valence-corrected chi connectivity index (χ0v) is 9.24. The first-order chi connectivity index (χ1) is 7.65. The molecule has 0 fully saturated rings. The maximum atomic E-state index is 11.3. The zero-order valence-electron chi connectivity index (χ0n) is 9.24. The number of carbonyl (C=O) groups excluding carboxylic acids is 1. The summed E-state index contributed by atoms with van der Waals surface area (Å²) in [6, 6.07) is 3.24. The number of ether oxygens (including phenoxy) is 2. The van der Waals surface area contributed by atoms with Gasteiger partial charge in [-0.2, -0.15) is 0 Å². The number of benzene rings is 1. The Morgan fingerprint density at radius 1 is 1.31 bits per heavy atom. The summed E-state index contributed by atoms with van der Waals surface area (Å²) in [4.78, 5) is 11.3. The van der Waals surface area contributed by atoms with Gasteiger partial charge in [0.15, 0.2) is 11.5 Å². The van der Waals surface area contributed by atoms with Gasteiger partial charge < -0.3 is 20.5 Å². The van der Waals surface area contributed by atoms with Gasteiger partial charge in [-0.15, -0.1) is 0 Å². The summed E-state index contributed by atoms with van der Waals surface area (Å²) in [7, 11) is 3.12. The molecule has 0 radical (unpaired) electrons. The smallest absolute Gasteiger partial charge is 0.226 e. The second-order valence-corrected chi connectivity index (χ2v) is 3.65. The van der Waals surface area contributed by atoms with Gasteiger partial charge >= 0.3 is 0 Å². The molecular formula is C11H14N2O3. The fourth-order valence-electron chi connectivity index (χ4n) is 1.82. The van der Waals surface area contributed by atoms with Crippen LogP contribution in [0.25, 0.3) is 0 Å². The van der Waals surface area contributed by atoms with Crippen molar-refractivity contribution in [1.29, 1.82) is 0 Å². The first-order valence-electron chi connectivity index (χ1n) is 4.97. The highest BCUT2D eigenvalue weighted by molar-refractivity contribution is 5.95. The fraction of sp³-hybridized carbons (Fsp3) is 0.364. The average molecular weight is 222 g/mol. The normalized spacial score (nSPS) is 18.7. The van der Waals surface area contributed by atoms with Gasteiger partial charge in [0.2, 0.25) is 5.91 Å². The van der Waals surface area contributed by atoms with Crippen LogP contribution in [0.5, 0.6) is 11.5 Å². The second kappa shape index (κ2) is 4.02. The molecule has 0 saturated heterocycles. The zero-order chi connectivity index (χ0) is 11.7. The predicted octanol–water partition coefficient (Wildman–Crippen LogP) is 1.05. The number of amides is 1. The highest BCUT2D eigenvalue weighted by Crippen LogP contribution is 2.38. The summed E-state index contributed by atoms with van der Waals surface area (Å²) in [5.74, 6) is 1.12. The molecule has 1 atom stereocenters. The summed E-state index contributed by atoms with van der Waals surface area (Å²) in [5.41, 5.74) is 7.46. The summed E-state index contributed by atoms with van der Waals surface area (Å²) in [5, 5.41) is 2.76. The third-order valence-corrected chi connectivity index (χ3v) is 2.63. The van der Waals surface area contributed by atoms with Crippen molar-refractivity contribution in [2.24, 2.45) is 5.73 Å². The molecule has 1 aliphatic rings. The van der Waals surface area contributed by atoms with Crippen LogP contribution in [0.2, 0.25) is 0 Å². The summed E-state index contributed by atoms with van der Waals surface area (Å²) >= 11 is 0. The largest absolute Gasteiger partial charge is 0.493 e. The molecule has 0 spiro atoms. The van der Waals surface area contributed by atoms with Crippen molar-refractivity contribution in [2.75, 3.05) is 19.5 Å². The molecule has 1 aromatic rings. The van der Waals surface area contributed by atoms with Crippen LogP contribution in [0.1, 0.15) is 18.0 Å². The van der Waals surface area contributed by atoms with E-state index < -0.39 is 0 Å². The van der Waals surface area contributed by atoms with Crippen molar-refractivity contribution in [1.82, 2.24) is 0 Å². The van der Waals surface area contributed by atoms with Crippen LogP contribution in [0.4, 0.5) is 5.69 Å². The minimum Gasteiger partial charge on any atom is -0.493 e. The van der Waals surface area contributed by atoms with E-state index in [0.717, 1.165) is 5.56 Å². The Hall–Kier alpha value is -1.75. The van der Waals surface area contributed by atoms with E-state index >= 15 is 0 Å². The number of rotatable bonds is 2. The lowest BCUT2D eigenvalue weighted by Crippen LogP contribution is -2.27. The predicted molar refractivity (Wildman–Crippen MR) is 59.7 cm³/mol. The highest BCUT2D eigenvalue weighted by atomic mass is 16.5. The molecule has 1 aliphatic heterocycles. The van der Waals surface area contributed by atoms with Crippen molar-refractivity contribution in [3.63, 3.8) is 0 Å². The third kappa shape index (κ3) is 1.69. The third-order valence-electron chi connectivity index (χ3n) is 2.63. The van der Waals surface area contributed by atoms with Crippen LogP contribution in [-0.4, -0.2) is 20.1 Å². The molecule has 5 heteroatoms. The summed E-state index contributed by atoms with van der Waals surface area (Å²) < 4.78 is 10.3. The van der Waals surface area contributed by atoms with Crippen molar-refractivity contribution in [2.45, 2.75) is 12.5 Å². The van der Waals surface area contributed by atoms with Crippen LogP contribution in [0.3, 0.4) is 0 Å². The van der Waals surface area contributed by atoms with Crippen LogP contribution in [0.15, 0.2) is 12.1 Å². The Kier molecular flexibility index (Phi) is 2.70. The number of fused-ring (bicyclic) bond motifs is 1. The van der Waals surface area contributed by atoms with Gasteiger partial charge in [0, 0.05) is 24.2 Å². The SMILES string of the molecule is COc1cc2c(cc1OC)C(N)CC(=O)N2. The number of nitrogens with one attached hydrogen (secondary N) is 1. The monoisotopic (exact) mass is 222 g/mol. The lowest BCUT2D eigenvalue weighted by Gasteiger charge is -2.24. The molecule has 1 unspecified atom stereocenters. The Balaban J connectivity index is 2.51. The highest BCUT2D eigenvalue weighted by Gasteiger charge is 2.24. The summed E-state index contributed by atoms with van der Waals surface area (Å²) in [6.45, 7) is 0. The minimum absolute atomic E-state index is 0.0766. The molecule has 1 aromatic carbocycles. The standard InChI is InChI=1S/C11H14N2O3/c1-15-9-3-6-7(12)4-11(14)13-8(6)5-10(9)16-2/h3,5,7H,4,12H2,1-2H3,(H,13,14). The van der Waals surface area contributed by atoms with Gasteiger partial charge in [0.05, 0.1) is 14.2 Å². The summed E-state index contributed by atoms with van der Waals surface area (Å²) in [6.07, 6.45) is 0.294. The molecule has 86 valence electrons. The fourth-order valence-corrected chi connectivity index (χ4v) is 1.82. The number of hydrogen-bond donors (Lipinski definition) is 2. The maximum Gasteiger partial charge on any atom is 0.226 e. The van der Waals surface area contributed by atoms with E-state index in [9.17, 15) is 4.79 Å². The van der Waals surface area contributed by atoms with Crippen LogP contribution in [0, 0.1) is 0 Å². The van der Waals surface area contributed by atoms with Crippen molar-refractivity contribution < 1.29 is 14.3 Å². The minimum atomic E-state index is -0.288. The van der Waals surface area contributed by atoms with E-state index in [1.54, 1.807) is 26.4 Å². The van der Waals surface area contributed by atoms with E-state index in [-0.39, 0.29) is 11.9 Å². The van der Waals surface area contributed by atoms with Crippen LogP contribution < -0.4 is 20.5 Å². The van der Waals surface area contributed by atoms with Crippen LogP contribution in [-0.2, 0) is 4.79 Å². The second-order valence-electron chi connectivity index (χ2n) is 3.65. The molecule has 5 nitrogen and oxygen atoms in total. The van der Waals surface area contributed by atoms with Gasteiger partial charge in [-0.1, -0.05) is 0 Å². The molecule has 1 amide bonds. The van der Waals surface area contributed by atoms with E-state index in [1.165, 1.54) is 0 Å². The molecule has 0 aliphatic carbocycles. The maximum absolute atomic E-state index is 11.3. The first kappa shape index (κ1) is 10.8. The number of anilines is 1. The molecule has 3 N–H and O–H groups in total. The number of nitrogens with two attached hydrogens (primary N) is 1. The molecule has 2 rings (SSSR count). The van der Waals surface area contributed by atoms with Gasteiger partial charge in [0.25, 0.3) is 0 Å². The van der Waals surface area contributed by atoms with Crippen LogP contribution >= 0.6 is 0 Å². The number of carbonyl (C=O) groups is 1. The Bertz CT molecular complexity index is 431. The first-order valence-corrected chi connectivity index (χ1v) is 4.97. The molecule has 1 heterocycles. The topological polar surface area (TPSA) is 73.6 Å². The number of hydrogen-bond acceptors (Lipinski definition) is 4. The van der Waals surface area contributed by atoms with E-state index in [2.05, 4.69) is 5.32 Å². The van der Waals surface area contributed by atoms with Gasteiger partial charge in [-0.3, -0.25) is 4.79 Å². The molecule has 16 heavy (non-hydrogen) atoms. The van der Waals surface area contributed by atoms with E-state index in [1.807, 2.05) is 0 Å². The Labute approximate surface area is 93.5 Å². The van der Waals surface area contributed by atoms with E-state index in [4.69, 9.17) is 15.2 Å². The van der Waals surface area contributed by atoms with Crippen molar-refractivity contribution >= 4 is 11.6 Å². The Morgan fingerprint density at radius 3 is 2.56 bits per heavy atom.